The second-order valence-electron chi connectivity index (χ2n) is 7.56. The van der Waals surface area contributed by atoms with Crippen molar-refractivity contribution in [2.45, 2.75) is 58.8 Å². The van der Waals surface area contributed by atoms with E-state index in [0.29, 0.717) is 32.2 Å². The van der Waals surface area contributed by atoms with E-state index in [1.807, 2.05) is 20.8 Å². The summed E-state index contributed by atoms with van der Waals surface area (Å²) in [7, 11) is 0. The highest BCUT2D eigenvalue weighted by atomic mass is 19.1. The molecule has 2 atom stereocenters. The highest BCUT2D eigenvalue weighted by Crippen LogP contribution is 2.19. The fourth-order valence-electron chi connectivity index (χ4n) is 3.63. The Bertz CT molecular complexity index is 878. The van der Waals surface area contributed by atoms with Gasteiger partial charge in [-0.25, -0.2) is 9.07 Å². The molecule has 2 unspecified atom stereocenters. The lowest BCUT2D eigenvalue weighted by Gasteiger charge is -2.30. The molecule has 29 heavy (non-hydrogen) atoms. The van der Waals surface area contributed by atoms with Crippen LogP contribution >= 0.6 is 0 Å². The number of carbonyl (C=O) groups is 2. The van der Waals surface area contributed by atoms with Crippen LogP contribution < -0.4 is 16.0 Å². The number of aromatic nitrogens is 2. The van der Waals surface area contributed by atoms with Crippen LogP contribution in [0.15, 0.2) is 24.3 Å². The first-order valence-electron chi connectivity index (χ1n) is 9.94. The number of nitrogens with zero attached hydrogens (tertiary/aromatic N) is 2. The molecule has 1 aliphatic heterocycles. The molecule has 0 saturated carbocycles. The number of halogens is 1. The van der Waals surface area contributed by atoms with Gasteiger partial charge in [-0.2, -0.15) is 5.10 Å². The number of amides is 2. The summed E-state index contributed by atoms with van der Waals surface area (Å²) in [5.41, 5.74) is 3.80. The molecule has 7 nitrogen and oxygen atoms in total. The maximum atomic E-state index is 12.9. The highest BCUT2D eigenvalue weighted by Gasteiger charge is 2.26. The van der Waals surface area contributed by atoms with Gasteiger partial charge in [0.1, 0.15) is 5.82 Å². The van der Waals surface area contributed by atoms with Crippen LogP contribution in [-0.4, -0.2) is 34.2 Å². The SMILES string of the molecule is Cc1nn(C2NC(=O)CC(C)N2)c(C)c1CCC(=O)NCCc1ccc(F)cc1. The fourth-order valence-corrected chi connectivity index (χ4v) is 3.63. The second-order valence-corrected chi connectivity index (χ2v) is 7.56. The summed E-state index contributed by atoms with van der Waals surface area (Å²) in [6, 6.07) is 6.37. The summed E-state index contributed by atoms with van der Waals surface area (Å²) >= 11 is 0. The van der Waals surface area contributed by atoms with E-state index in [1.165, 1.54) is 12.1 Å². The molecule has 1 aromatic heterocycles. The van der Waals surface area contributed by atoms with Crippen LogP contribution in [0.25, 0.3) is 0 Å². The summed E-state index contributed by atoms with van der Waals surface area (Å²) in [6.45, 7) is 6.35. The molecule has 1 fully saturated rings. The second kappa shape index (κ2) is 9.17. The van der Waals surface area contributed by atoms with Crippen molar-refractivity contribution in [3.8, 4) is 0 Å². The van der Waals surface area contributed by atoms with Crippen LogP contribution in [0.5, 0.6) is 0 Å². The number of rotatable bonds is 7. The normalized spacial score (nSPS) is 19.1. The average molecular weight is 401 g/mol. The Morgan fingerprint density at radius 2 is 2.00 bits per heavy atom. The van der Waals surface area contributed by atoms with E-state index in [4.69, 9.17) is 0 Å². The first-order chi connectivity index (χ1) is 13.8. The maximum Gasteiger partial charge on any atom is 0.224 e. The van der Waals surface area contributed by atoms with E-state index < -0.39 is 0 Å². The first kappa shape index (κ1) is 21.0. The summed E-state index contributed by atoms with van der Waals surface area (Å²) in [4.78, 5) is 24.0. The van der Waals surface area contributed by atoms with Crippen LogP contribution in [0.3, 0.4) is 0 Å². The van der Waals surface area contributed by atoms with Gasteiger partial charge in [0.05, 0.1) is 5.69 Å². The minimum atomic E-state index is -0.372. The van der Waals surface area contributed by atoms with Crippen LogP contribution in [0.2, 0.25) is 0 Å². The predicted molar refractivity (Wildman–Crippen MR) is 108 cm³/mol. The summed E-state index contributed by atoms with van der Waals surface area (Å²) in [5, 5.41) is 13.7. The molecule has 2 heterocycles. The van der Waals surface area contributed by atoms with Crippen molar-refractivity contribution in [2.75, 3.05) is 6.54 Å². The van der Waals surface area contributed by atoms with Crippen molar-refractivity contribution >= 4 is 11.8 Å². The molecule has 0 aliphatic carbocycles. The van der Waals surface area contributed by atoms with E-state index >= 15 is 0 Å². The van der Waals surface area contributed by atoms with Crippen molar-refractivity contribution in [2.24, 2.45) is 0 Å². The molecule has 1 saturated heterocycles. The Morgan fingerprint density at radius 3 is 2.69 bits per heavy atom. The molecule has 0 spiro atoms. The lowest BCUT2D eigenvalue weighted by atomic mass is 10.1. The summed E-state index contributed by atoms with van der Waals surface area (Å²) in [6.07, 6.45) is 1.67. The Hall–Kier alpha value is -2.74. The smallest absolute Gasteiger partial charge is 0.224 e. The van der Waals surface area contributed by atoms with Crippen LogP contribution in [0.1, 0.15) is 48.6 Å². The van der Waals surface area contributed by atoms with E-state index in [2.05, 4.69) is 21.0 Å². The Balaban J connectivity index is 1.52. The minimum absolute atomic E-state index is 0.00381. The fraction of sp³-hybridized carbons (Fsp3) is 0.476. The zero-order chi connectivity index (χ0) is 21.0. The number of hydrogen-bond acceptors (Lipinski definition) is 4. The molecular weight excluding hydrogens is 373 g/mol. The first-order valence-corrected chi connectivity index (χ1v) is 9.94. The average Bonchev–Trinajstić information content (AvgIpc) is 2.95. The lowest BCUT2D eigenvalue weighted by Crippen LogP contribution is -2.52. The van der Waals surface area contributed by atoms with E-state index in [0.717, 1.165) is 22.5 Å². The number of carbonyl (C=O) groups excluding carboxylic acids is 2. The van der Waals surface area contributed by atoms with Gasteiger partial charge < -0.3 is 10.6 Å². The molecule has 0 radical (unpaired) electrons. The molecule has 8 heteroatoms. The Kier molecular flexibility index (Phi) is 6.64. The lowest BCUT2D eigenvalue weighted by molar-refractivity contribution is -0.125. The molecule has 2 aromatic rings. The molecule has 1 aromatic carbocycles. The van der Waals surface area contributed by atoms with Gasteiger partial charge in [0.15, 0.2) is 6.29 Å². The number of hydrogen-bond donors (Lipinski definition) is 3. The van der Waals surface area contributed by atoms with Gasteiger partial charge in [0.25, 0.3) is 0 Å². The van der Waals surface area contributed by atoms with E-state index in [9.17, 15) is 14.0 Å². The van der Waals surface area contributed by atoms with E-state index in [1.54, 1.807) is 16.8 Å². The molecular formula is C21H28FN5O2. The maximum absolute atomic E-state index is 12.9. The van der Waals surface area contributed by atoms with Crippen LogP contribution in [-0.2, 0) is 22.4 Å². The number of benzene rings is 1. The number of nitrogens with one attached hydrogen (secondary N) is 3. The highest BCUT2D eigenvalue weighted by molar-refractivity contribution is 5.77. The third-order valence-electron chi connectivity index (χ3n) is 5.20. The monoisotopic (exact) mass is 401 g/mol. The zero-order valence-corrected chi connectivity index (χ0v) is 17.1. The quantitative estimate of drug-likeness (QED) is 0.661. The number of aryl methyl sites for hydroxylation is 1. The molecule has 0 bridgehead atoms. The van der Waals surface area contributed by atoms with Gasteiger partial charge in [0.2, 0.25) is 11.8 Å². The minimum Gasteiger partial charge on any atom is -0.356 e. The van der Waals surface area contributed by atoms with Crippen LogP contribution in [0, 0.1) is 19.7 Å². The molecule has 3 N–H and O–H groups in total. The predicted octanol–water partition coefficient (Wildman–Crippen LogP) is 1.88. The summed E-state index contributed by atoms with van der Waals surface area (Å²) in [5.74, 6) is -0.297. The van der Waals surface area contributed by atoms with Crippen molar-refractivity contribution in [1.29, 1.82) is 0 Å². The Labute approximate surface area is 170 Å². The van der Waals surface area contributed by atoms with Gasteiger partial charge in [-0.15, -0.1) is 0 Å². The molecule has 156 valence electrons. The zero-order valence-electron chi connectivity index (χ0n) is 17.1. The topological polar surface area (TPSA) is 88.1 Å². The van der Waals surface area contributed by atoms with Crippen molar-refractivity contribution < 1.29 is 14.0 Å². The van der Waals surface area contributed by atoms with Gasteiger partial charge in [-0.05, 0) is 56.9 Å². The molecule has 3 rings (SSSR count). The van der Waals surface area contributed by atoms with Crippen molar-refractivity contribution in [3.05, 3.63) is 52.6 Å². The third-order valence-corrected chi connectivity index (χ3v) is 5.20. The largest absolute Gasteiger partial charge is 0.356 e. The molecule has 1 aliphatic rings. The van der Waals surface area contributed by atoms with Crippen molar-refractivity contribution in [3.63, 3.8) is 0 Å². The summed E-state index contributed by atoms with van der Waals surface area (Å²) < 4.78 is 14.7. The van der Waals surface area contributed by atoms with E-state index in [-0.39, 0.29) is 30.0 Å². The standard InChI is InChI=1S/C21H28FN5O2/c1-13-12-20(29)25-21(24-13)27-15(3)18(14(2)26-27)8-9-19(28)23-11-10-16-4-6-17(22)7-5-16/h4-7,13,21,24H,8-12H2,1-3H3,(H,23,28)(H,25,29). The third kappa shape index (κ3) is 5.41. The van der Waals surface area contributed by atoms with Crippen molar-refractivity contribution in [1.82, 2.24) is 25.7 Å². The van der Waals surface area contributed by atoms with Gasteiger partial charge in [-0.3, -0.25) is 14.9 Å². The van der Waals surface area contributed by atoms with Gasteiger partial charge in [0, 0.05) is 31.1 Å². The van der Waals surface area contributed by atoms with Crippen LogP contribution in [0.4, 0.5) is 4.39 Å². The molecule has 2 amide bonds. The Morgan fingerprint density at radius 1 is 1.28 bits per heavy atom. The van der Waals surface area contributed by atoms with Gasteiger partial charge >= 0.3 is 0 Å². The van der Waals surface area contributed by atoms with Gasteiger partial charge in [-0.1, -0.05) is 12.1 Å².